The third-order valence-corrected chi connectivity index (χ3v) is 5.48. The van der Waals surface area contributed by atoms with Gasteiger partial charge in [0.1, 0.15) is 6.10 Å². The fourth-order valence-electron chi connectivity index (χ4n) is 3.07. The number of rotatable bonds is 11. The zero-order chi connectivity index (χ0) is 23.2. The third-order valence-electron chi connectivity index (χ3n) is 4.78. The van der Waals surface area contributed by atoms with Gasteiger partial charge in [-0.1, -0.05) is 18.2 Å². The van der Waals surface area contributed by atoms with E-state index in [1.807, 2.05) is 0 Å². The molecule has 0 aliphatic rings. The molecule has 9 heteroatoms. The lowest BCUT2D eigenvalue weighted by molar-refractivity contribution is -0.546. The van der Waals surface area contributed by atoms with E-state index in [4.69, 9.17) is 23.7 Å². The van der Waals surface area contributed by atoms with E-state index in [1.54, 1.807) is 49.6 Å². The van der Waals surface area contributed by atoms with Crippen molar-refractivity contribution in [1.29, 1.82) is 0 Å². The molecule has 0 N–H and O–H groups in total. The van der Waals surface area contributed by atoms with E-state index >= 15 is 0 Å². The van der Waals surface area contributed by atoms with Gasteiger partial charge in [0.2, 0.25) is 0 Å². The van der Waals surface area contributed by atoms with Gasteiger partial charge in [0, 0.05) is 27.8 Å². The Bertz CT molecular complexity index is 932. The molecule has 168 valence electrons. The minimum Gasteiger partial charge on any atom is -0.493 e. The summed E-state index contributed by atoms with van der Waals surface area (Å²) in [7, 11) is 6.08. The summed E-state index contributed by atoms with van der Waals surface area (Å²) in [5.41, 5.74) is 1.23. The smallest absolute Gasteiger partial charge is 0.301 e. The largest absolute Gasteiger partial charge is 0.493 e. The first-order valence-corrected chi connectivity index (χ1v) is 10.1. The molecule has 0 radical (unpaired) electrons. The normalized spacial score (nSPS) is 14.6. The van der Waals surface area contributed by atoms with Crippen LogP contribution in [-0.4, -0.2) is 37.8 Å². The molecule has 0 saturated heterocycles. The van der Waals surface area contributed by atoms with E-state index in [0.29, 0.717) is 34.1 Å². The summed E-state index contributed by atoms with van der Waals surface area (Å²) in [6.45, 7) is 5.28. The van der Waals surface area contributed by atoms with Crippen LogP contribution in [-0.2, 0) is 4.74 Å². The molecule has 8 nitrogen and oxygen atoms in total. The summed E-state index contributed by atoms with van der Waals surface area (Å²) in [5.74, 6) is 2.00. The number of methoxy groups -OCH3 is 4. The summed E-state index contributed by atoms with van der Waals surface area (Å²) in [5, 5.41) is 11.9. The number of nitrogens with zero attached hydrogens (tertiary/aromatic N) is 1. The molecule has 0 saturated carbocycles. The Kier molecular flexibility index (Phi) is 8.29. The summed E-state index contributed by atoms with van der Waals surface area (Å²) < 4.78 is 25.9. The minimum absolute atomic E-state index is 0.432. The third kappa shape index (κ3) is 5.29. The van der Waals surface area contributed by atoms with Crippen molar-refractivity contribution in [2.24, 2.45) is 0 Å². The Labute approximate surface area is 190 Å². The van der Waals surface area contributed by atoms with Crippen molar-refractivity contribution in [3.05, 3.63) is 70.3 Å². The second kappa shape index (κ2) is 10.5. The van der Waals surface area contributed by atoms with Crippen LogP contribution in [0.1, 0.15) is 30.3 Å². The molecule has 0 bridgehead atoms. The van der Waals surface area contributed by atoms with Crippen LogP contribution in [0.4, 0.5) is 0 Å². The fraction of sp³-hybridized carbons (Fsp3) is 0.364. The predicted octanol–water partition coefficient (Wildman–Crippen LogP) is 5.09. The molecule has 0 heterocycles. The number of halogens is 1. The summed E-state index contributed by atoms with van der Waals surface area (Å²) in [6, 6.07) is 10.3. The molecular weight excluding hydrogens is 470 g/mol. The number of nitro groups is 1. The zero-order valence-corrected chi connectivity index (χ0v) is 19.7. The molecule has 1 unspecified atom stereocenters. The van der Waals surface area contributed by atoms with Crippen LogP contribution >= 0.6 is 15.9 Å². The van der Waals surface area contributed by atoms with Gasteiger partial charge in [-0.25, -0.2) is 0 Å². The van der Waals surface area contributed by atoms with Crippen molar-refractivity contribution >= 4 is 15.9 Å². The van der Waals surface area contributed by atoms with Gasteiger partial charge in [-0.05, 0) is 35.4 Å². The van der Waals surface area contributed by atoms with Gasteiger partial charge in [0.15, 0.2) is 29.1 Å². The quantitative estimate of drug-likeness (QED) is 0.141. The fourth-order valence-corrected chi connectivity index (χ4v) is 3.44. The van der Waals surface area contributed by atoms with Crippen LogP contribution in [0.2, 0.25) is 0 Å². The Morgan fingerprint density at radius 3 is 1.81 bits per heavy atom. The predicted molar refractivity (Wildman–Crippen MR) is 120 cm³/mol. The number of alkyl halides is 1. The van der Waals surface area contributed by atoms with E-state index in [-0.39, 0.29) is 0 Å². The second-order valence-electron chi connectivity index (χ2n) is 6.68. The SMILES string of the molecule is C=C[C@H](O[C@@H](c1ccc(OC)c(OC)c1)C(C)(Br)[N+](=O)[O-])c1ccc(OC)c(OC)c1. The van der Waals surface area contributed by atoms with Crippen LogP contribution < -0.4 is 18.9 Å². The zero-order valence-electron chi connectivity index (χ0n) is 18.1. The van der Waals surface area contributed by atoms with Crippen molar-refractivity contribution in [1.82, 2.24) is 0 Å². The molecular formula is C22H26BrNO7. The Hall–Kier alpha value is -2.78. The van der Waals surface area contributed by atoms with Gasteiger partial charge >= 0.3 is 4.45 Å². The van der Waals surface area contributed by atoms with Crippen LogP contribution in [0.25, 0.3) is 0 Å². The maximum Gasteiger partial charge on any atom is 0.301 e. The van der Waals surface area contributed by atoms with Gasteiger partial charge in [0.05, 0.1) is 28.4 Å². The lowest BCUT2D eigenvalue weighted by atomic mass is 10.0. The number of hydrogen-bond donors (Lipinski definition) is 0. The van der Waals surface area contributed by atoms with Crippen molar-refractivity contribution in [2.75, 3.05) is 28.4 Å². The number of ether oxygens (including phenoxy) is 5. The lowest BCUT2D eigenvalue weighted by Crippen LogP contribution is -2.37. The van der Waals surface area contributed by atoms with Crippen LogP contribution in [0.5, 0.6) is 23.0 Å². The molecule has 0 fully saturated rings. The van der Waals surface area contributed by atoms with Gasteiger partial charge < -0.3 is 23.7 Å². The molecule has 0 aromatic heterocycles. The second-order valence-corrected chi connectivity index (χ2v) is 8.29. The van der Waals surface area contributed by atoms with Crippen molar-refractivity contribution < 1.29 is 28.6 Å². The molecule has 2 rings (SSSR count). The highest BCUT2D eigenvalue weighted by Gasteiger charge is 2.46. The van der Waals surface area contributed by atoms with Crippen molar-refractivity contribution in [3.8, 4) is 23.0 Å². The van der Waals surface area contributed by atoms with Crippen LogP contribution in [0.3, 0.4) is 0 Å². The first-order chi connectivity index (χ1) is 14.7. The minimum atomic E-state index is -1.63. The molecule has 2 aromatic rings. The average Bonchev–Trinajstić information content (AvgIpc) is 2.78. The first kappa shape index (κ1) is 24.5. The highest BCUT2D eigenvalue weighted by Crippen LogP contribution is 2.43. The average molecular weight is 496 g/mol. The van der Waals surface area contributed by atoms with Crippen LogP contribution in [0.15, 0.2) is 49.1 Å². The number of hydrogen-bond acceptors (Lipinski definition) is 7. The maximum atomic E-state index is 11.9. The Morgan fingerprint density at radius 2 is 1.39 bits per heavy atom. The molecule has 2 aromatic carbocycles. The Morgan fingerprint density at radius 1 is 0.935 bits per heavy atom. The molecule has 31 heavy (non-hydrogen) atoms. The van der Waals surface area contributed by atoms with E-state index < -0.39 is 21.6 Å². The van der Waals surface area contributed by atoms with Gasteiger partial charge in [-0.3, -0.25) is 10.1 Å². The highest BCUT2D eigenvalue weighted by atomic mass is 79.9. The molecule has 3 atom stereocenters. The van der Waals surface area contributed by atoms with E-state index in [0.717, 1.165) is 0 Å². The first-order valence-electron chi connectivity index (χ1n) is 9.28. The van der Waals surface area contributed by atoms with E-state index in [9.17, 15) is 10.1 Å². The van der Waals surface area contributed by atoms with Gasteiger partial charge in [0.25, 0.3) is 0 Å². The molecule has 0 spiro atoms. The summed E-state index contributed by atoms with van der Waals surface area (Å²) >= 11 is 3.24. The van der Waals surface area contributed by atoms with E-state index in [2.05, 4.69) is 22.5 Å². The molecule has 0 aliphatic carbocycles. The summed E-state index contributed by atoms with van der Waals surface area (Å²) in [6.07, 6.45) is -0.106. The monoisotopic (exact) mass is 495 g/mol. The van der Waals surface area contributed by atoms with Gasteiger partial charge in [-0.15, -0.1) is 6.58 Å². The standard InChI is InChI=1S/C22H26BrNO7/c1-7-16(14-8-10-17(27-3)19(12-14)29-5)31-21(22(2,23)24(25)26)15-9-11-18(28-4)20(13-15)30-6/h7-13,16,21H,1H2,2-6H3/t16-,21-,22?/m0/s1. The topological polar surface area (TPSA) is 89.3 Å². The lowest BCUT2D eigenvalue weighted by Gasteiger charge is -2.29. The maximum absolute atomic E-state index is 11.9. The van der Waals surface area contributed by atoms with E-state index in [1.165, 1.54) is 28.3 Å². The Balaban J connectivity index is 2.52. The highest BCUT2D eigenvalue weighted by molar-refractivity contribution is 9.10. The van der Waals surface area contributed by atoms with Crippen molar-refractivity contribution in [2.45, 2.75) is 23.6 Å². The molecule has 0 aliphatic heterocycles. The number of benzene rings is 2. The molecule has 0 amide bonds. The van der Waals surface area contributed by atoms with Crippen LogP contribution in [0, 0.1) is 10.1 Å². The van der Waals surface area contributed by atoms with Gasteiger partial charge in [-0.2, -0.15) is 0 Å². The summed E-state index contributed by atoms with van der Waals surface area (Å²) in [4.78, 5) is 11.4. The van der Waals surface area contributed by atoms with Crippen molar-refractivity contribution in [3.63, 3.8) is 0 Å².